The summed E-state index contributed by atoms with van der Waals surface area (Å²) >= 11 is 5.36. The van der Waals surface area contributed by atoms with Gasteiger partial charge in [-0.1, -0.05) is 17.7 Å². The predicted octanol–water partition coefficient (Wildman–Crippen LogP) is 3.38. The van der Waals surface area contributed by atoms with Crippen molar-refractivity contribution < 1.29 is 22.7 Å². The van der Waals surface area contributed by atoms with E-state index in [1.54, 1.807) is 0 Å². The van der Waals surface area contributed by atoms with Crippen molar-refractivity contribution in [3.8, 4) is 0 Å². The van der Waals surface area contributed by atoms with Crippen molar-refractivity contribution in [1.29, 1.82) is 0 Å². The maximum atomic E-state index is 13.0. The summed E-state index contributed by atoms with van der Waals surface area (Å²) in [5.41, 5.74) is -0.507. The first-order valence-electron chi connectivity index (χ1n) is 3.94. The molecule has 1 nitrogen and oxygen atoms in total. The van der Waals surface area contributed by atoms with Gasteiger partial charge in [0, 0.05) is 0 Å². The number of halogens is 5. The average molecular weight is 243 g/mol. The summed E-state index contributed by atoms with van der Waals surface area (Å²) in [7, 11) is 0. The number of hydrogen-bond acceptors (Lipinski definition) is 1. The van der Waals surface area contributed by atoms with Gasteiger partial charge in [0.2, 0.25) is 0 Å². The highest BCUT2D eigenvalue weighted by Gasteiger charge is 2.39. The van der Waals surface area contributed by atoms with Crippen molar-refractivity contribution in [2.24, 2.45) is 0 Å². The zero-order valence-corrected chi connectivity index (χ0v) is 8.33. The van der Waals surface area contributed by atoms with E-state index in [4.69, 9.17) is 16.7 Å². The largest absolute Gasteiger partial charge is 0.418 e. The zero-order chi connectivity index (χ0) is 11.8. The van der Waals surface area contributed by atoms with E-state index in [0.29, 0.717) is 0 Å². The number of alkyl halides is 3. The standard InChI is InChI=1S/C9H7ClF4O/c1-4-2-5(3-6(10)7(4)11)8(15)9(12,13)14/h2-3,8,15H,1H3. The van der Waals surface area contributed by atoms with Crippen LogP contribution in [0.4, 0.5) is 17.6 Å². The first kappa shape index (κ1) is 12.3. The Morgan fingerprint density at radius 1 is 1.33 bits per heavy atom. The number of aryl methyl sites for hydroxylation is 1. The third-order valence-electron chi connectivity index (χ3n) is 1.86. The molecule has 0 aliphatic carbocycles. The highest BCUT2D eigenvalue weighted by molar-refractivity contribution is 6.30. The van der Waals surface area contributed by atoms with Crippen LogP contribution < -0.4 is 0 Å². The highest BCUT2D eigenvalue weighted by atomic mass is 35.5. The summed E-state index contributed by atoms with van der Waals surface area (Å²) < 4.78 is 49.3. The van der Waals surface area contributed by atoms with Gasteiger partial charge < -0.3 is 5.11 Å². The molecule has 0 fully saturated rings. The zero-order valence-electron chi connectivity index (χ0n) is 7.57. The molecular formula is C9H7ClF4O. The lowest BCUT2D eigenvalue weighted by atomic mass is 10.1. The maximum Gasteiger partial charge on any atom is 0.418 e. The predicted molar refractivity (Wildman–Crippen MR) is 47.2 cm³/mol. The van der Waals surface area contributed by atoms with Crippen molar-refractivity contribution in [2.75, 3.05) is 0 Å². The van der Waals surface area contributed by atoms with Crippen LogP contribution in [0.25, 0.3) is 0 Å². The molecule has 0 spiro atoms. The van der Waals surface area contributed by atoms with Crippen LogP contribution in [-0.4, -0.2) is 11.3 Å². The fourth-order valence-electron chi connectivity index (χ4n) is 1.10. The summed E-state index contributed by atoms with van der Waals surface area (Å²) in [4.78, 5) is 0. The van der Waals surface area contributed by atoms with Gasteiger partial charge in [-0.15, -0.1) is 0 Å². The number of aliphatic hydroxyl groups is 1. The molecular weight excluding hydrogens is 236 g/mol. The van der Waals surface area contributed by atoms with Crippen LogP contribution in [0.5, 0.6) is 0 Å². The Bertz CT molecular complexity index is 352. The Hall–Kier alpha value is -0.810. The van der Waals surface area contributed by atoms with Crippen molar-refractivity contribution in [3.63, 3.8) is 0 Å². The molecule has 6 heteroatoms. The van der Waals surface area contributed by atoms with Gasteiger partial charge in [0.15, 0.2) is 6.10 Å². The minimum Gasteiger partial charge on any atom is -0.379 e. The Kier molecular flexibility index (Phi) is 3.25. The van der Waals surface area contributed by atoms with Crippen LogP contribution in [0, 0.1) is 12.7 Å². The molecule has 1 aromatic rings. The van der Waals surface area contributed by atoms with E-state index in [2.05, 4.69) is 0 Å². The second-order valence-electron chi connectivity index (χ2n) is 3.08. The van der Waals surface area contributed by atoms with Gasteiger partial charge in [0.1, 0.15) is 5.82 Å². The molecule has 15 heavy (non-hydrogen) atoms. The Morgan fingerprint density at radius 2 is 1.87 bits per heavy atom. The van der Waals surface area contributed by atoms with Crippen LogP contribution in [0.15, 0.2) is 12.1 Å². The Balaban J connectivity index is 3.17. The van der Waals surface area contributed by atoms with Gasteiger partial charge in [-0.2, -0.15) is 13.2 Å². The van der Waals surface area contributed by atoms with Gasteiger partial charge in [-0.05, 0) is 24.1 Å². The van der Waals surface area contributed by atoms with Crippen molar-refractivity contribution in [1.82, 2.24) is 0 Å². The van der Waals surface area contributed by atoms with Crippen LogP contribution in [-0.2, 0) is 0 Å². The number of hydrogen-bond donors (Lipinski definition) is 1. The molecule has 1 aromatic carbocycles. The third-order valence-corrected chi connectivity index (χ3v) is 2.13. The minimum absolute atomic E-state index is 0.0409. The van der Waals surface area contributed by atoms with E-state index in [1.807, 2.05) is 0 Å². The molecule has 1 atom stereocenters. The summed E-state index contributed by atoms with van der Waals surface area (Å²) in [6.07, 6.45) is -7.43. The molecule has 1 rings (SSSR count). The lowest BCUT2D eigenvalue weighted by Crippen LogP contribution is -2.20. The smallest absolute Gasteiger partial charge is 0.379 e. The summed E-state index contributed by atoms with van der Waals surface area (Å²) in [5.74, 6) is -0.783. The molecule has 0 saturated carbocycles. The number of rotatable bonds is 1. The monoisotopic (exact) mass is 242 g/mol. The van der Waals surface area contributed by atoms with Crippen molar-refractivity contribution in [2.45, 2.75) is 19.2 Å². The quantitative estimate of drug-likeness (QED) is 0.749. The van der Waals surface area contributed by atoms with E-state index in [1.165, 1.54) is 6.92 Å². The molecule has 84 valence electrons. The van der Waals surface area contributed by atoms with E-state index < -0.39 is 28.7 Å². The van der Waals surface area contributed by atoms with Gasteiger partial charge >= 0.3 is 6.18 Å². The molecule has 0 radical (unpaired) electrons. The molecule has 0 amide bonds. The molecule has 0 heterocycles. The fourth-order valence-corrected chi connectivity index (χ4v) is 1.37. The lowest BCUT2D eigenvalue weighted by Gasteiger charge is -2.15. The van der Waals surface area contributed by atoms with E-state index in [0.717, 1.165) is 12.1 Å². The SMILES string of the molecule is Cc1cc(C(O)C(F)(F)F)cc(Cl)c1F. The normalized spacial score (nSPS) is 14.1. The van der Waals surface area contributed by atoms with E-state index >= 15 is 0 Å². The first-order valence-corrected chi connectivity index (χ1v) is 4.31. The molecule has 0 bridgehead atoms. The summed E-state index contributed by atoms with van der Waals surface area (Å²) in [6, 6.07) is 1.68. The molecule has 0 aromatic heterocycles. The molecule has 0 saturated heterocycles. The topological polar surface area (TPSA) is 20.2 Å². The van der Waals surface area contributed by atoms with Crippen LogP contribution >= 0.6 is 11.6 Å². The Morgan fingerprint density at radius 3 is 2.27 bits per heavy atom. The fraction of sp³-hybridized carbons (Fsp3) is 0.333. The summed E-state index contributed by atoms with van der Waals surface area (Å²) in [6.45, 7) is 1.27. The number of benzene rings is 1. The molecule has 0 aliphatic heterocycles. The van der Waals surface area contributed by atoms with Crippen LogP contribution in [0.1, 0.15) is 17.2 Å². The maximum absolute atomic E-state index is 13.0. The van der Waals surface area contributed by atoms with Crippen molar-refractivity contribution >= 4 is 11.6 Å². The van der Waals surface area contributed by atoms with Gasteiger partial charge in [-0.3, -0.25) is 0 Å². The van der Waals surface area contributed by atoms with Crippen molar-refractivity contribution in [3.05, 3.63) is 34.1 Å². The van der Waals surface area contributed by atoms with E-state index in [-0.39, 0.29) is 5.56 Å². The summed E-state index contributed by atoms with van der Waals surface area (Å²) in [5, 5.41) is 8.45. The van der Waals surface area contributed by atoms with Gasteiger partial charge in [-0.25, -0.2) is 4.39 Å². The van der Waals surface area contributed by atoms with Gasteiger partial charge in [0.25, 0.3) is 0 Å². The van der Waals surface area contributed by atoms with E-state index in [9.17, 15) is 17.6 Å². The van der Waals surface area contributed by atoms with Crippen LogP contribution in [0.3, 0.4) is 0 Å². The Labute approximate surface area is 88.3 Å². The lowest BCUT2D eigenvalue weighted by molar-refractivity contribution is -0.206. The second-order valence-corrected chi connectivity index (χ2v) is 3.48. The average Bonchev–Trinajstić information content (AvgIpc) is 2.10. The van der Waals surface area contributed by atoms with Gasteiger partial charge in [0.05, 0.1) is 5.02 Å². The minimum atomic E-state index is -4.78. The third kappa shape index (κ3) is 2.60. The second kappa shape index (κ2) is 3.98. The first-order chi connectivity index (χ1) is 6.73. The van der Waals surface area contributed by atoms with Crippen LogP contribution in [0.2, 0.25) is 5.02 Å². The molecule has 0 aliphatic rings. The highest BCUT2D eigenvalue weighted by Crippen LogP contribution is 2.34. The number of aliphatic hydroxyl groups excluding tert-OH is 1. The molecule has 1 unspecified atom stereocenters. The molecule has 1 N–H and O–H groups in total.